The number of hydrogen-bond donors (Lipinski definition) is 1. The second-order valence-electron chi connectivity index (χ2n) is 5.61. The van der Waals surface area contributed by atoms with Gasteiger partial charge in [-0.05, 0) is 43.3 Å². The van der Waals surface area contributed by atoms with E-state index in [4.69, 9.17) is 11.6 Å². The third-order valence-corrected chi connectivity index (χ3v) is 4.88. The number of nitrogens with one attached hydrogen (secondary N) is 1. The van der Waals surface area contributed by atoms with Crippen LogP contribution in [-0.4, -0.2) is 16.6 Å². The minimum atomic E-state index is -0.548. The zero-order valence-electron chi connectivity index (χ0n) is 13.7. The molecule has 1 aromatic heterocycles. The number of carbonyl (C=O) groups excluding carboxylic acids is 1. The van der Waals surface area contributed by atoms with E-state index in [9.17, 15) is 14.4 Å². The lowest BCUT2D eigenvalue weighted by Gasteiger charge is -2.08. The second kappa shape index (κ2) is 7.73. The summed E-state index contributed by atoms with van der Waals surface area (Å²) >= 11 is 6.87. The predicted octanol–water partition coefficient (Wildman–Crippen LogP) is 4.94. The third kappa shape index (κ3) is 4.13. The highest BCUT2D eigenvalue weighted by atomic mass is 35.5. The maximum absolute atomic E-state index is 13.2. The van der Waals surface area contributed by atoms with Crippen molar-refractivity contribution >= 4 is 45.9 Å². The maximum atomic E-state index is 13.2. The van der Waals surface area contributed by atoms with E-state index in [1.807, 2.05) is 25.1 Å². The van der Waals surface area contributed by atoms with Crippen LogP contribution < -0.4 is 5.32 Å². The number of aryl methyl sites for hydroxylation is 1. The lowest BCUT2D eigenvalue weighted by molar-refractivity contribution is -0.113. The molecule has 0 radical (unpaired) electrons. The number of benzene rings is 2. The first-order valence-electron chi connectivity index (χ1n) is 7.65. The number of hydrogen-bond acceptors (Lipinski definition) is 4. The normalized spacial score (nSPS) is 10.5. The fraction of sp³-hybridized carbons (Fsp3) is 0.105. The first-order valence-corrected chi connectivity index (χ1v) is 9.02. The molecule has 0 aliphatic heterocycles. The predicted molar refractivity (Wildman–Crippen MR) is 102 cm³/mol. The van der Waals surface area contributed by atoms with Crippen LogP contribution in [0.4, 0.5) is 10.1 Å². The Morgan fingerprint density at radius 1 is 1.31 bits per heavy atom. The largest absolute Gasteiger partial charge is 0.325 e. The lowest BCUT2D eigenvalue weighted by atomic mass is 10.1. The van der Waals surface area contributed by atoms with Gasteiger partial charge in [-0.1, -0.05) is 35.0 Å². The fourth-order valence-corrected chi connectivity index (χ4v) is 3.32. The molecule has 0 unspecified atom stereocenters. The summed E-state index contributed by atoms with van der Waals surface area (Å²) in [7, 11) is 0. The molecule has 2 aromatic carbocycles. The van der Waals surface area contributed by atoms with Gasteiger partial charge in [-0.2, -0.15) is 5.26 Å². The molecule has 4 nitrogen and oxygen atoms in total. The topological polar surface area (TPSA) is 65.8 Å². The molecule has 0 atom stereocenters. The SMILES string of the molecule is Cc1ccc2nc(SCC(=O)Nc3ccc(F)c(Cl)c3)c(C#N)cc2c1. The van der Waals surface area contributed by atoms with Gasteiger partial charge in [0.2, 0.25) is 5.91 Å². The Kier molecular flexibility index (Phi) is 5.40. The molecule has 0 saturated heterocycles. The number of anilines is 1. The van der Waals surface area contributed by atoms with E-state index >= 15 is 0 Å². The van der Waals surface area contributed by atoms with E-state index in [2.05, 4.69) is 16.4 Å². The van der Waals surface area contributed by atoms with Crippen LogP contribution in [0.5, 0.6) is 0 Å². The average molecular weight is 386 g/mol. The number of fused-ring (bicyclic) bond motifs is 1. The molecule has 0 spiro atoms. The Morgan fingerprint density at radius 3 is 2.85 bits per heavy atom. The van der Waals surface area contributed by atoms with Gasteiger partial charge >= 0.3 is 0 Å². The Bertz CT molecular complexity index is 1050. The number of thioether (sulfide) groups is 1. The van der Waals surface area contributed by atoms with Crippen LogP contribution in [0.15, 0.2) is 47.5 Å². The highest BCUT2D eigenvalue weighted by Crippen LogP contribution is 2.26. The highest BCUT2D eigenvalue weighted by molar-refractivity contribution is 8.00. The van der Waals surface area contributed by atoms with Gasteiger partial charge in [0.1, 0.15) is 16.9 Å². The third-order valence-electron chi connectivity index (χ3n) is 3.60. The standard InChI is InChI=1S/C19H13ClFN3OS/c1-11-2-5-17-12(6-11)7-13(9-22)19(24-17)26-10-18(25)23-14-3-4-16(21)15(20)8-14/h2-8H,10H2,1H3,(H,23,25). The number of aromatic nitrogens is 1. The molecule has 26 heavy (non-hydrogen) atoms. The van der Waals surface area contributed by atoms with Gasteiger partial charge in [0.05, 0.1) is 21.9 Å². The highest BCUT2D eigenvalue weighted by Gasteiger charge is 2.11. The lowest BCUT2D eigenvalue weighted by Crippen LogP contribution is -2.14. The first kappa shape index (κ1) is 18.2. The number of rotatable bonds is 4. The van der Waals surface area contributed by atoms with E-state index in [0.29, 0.717) is 16.3 Å². The first-order chi connectivity index (χ1) is 12.5. The van der Waals surface area contributed by atoms with Gasteiger partial charge < -0.3 is 5.32 Å². The molecule has 3 rings (SSSR count). The molecule has 0 fully saturated rings. The molecular formula is C19H13ClFN3OS. The van der Waals surface area contributed by atoms with E-state index in [0.717, 1.165) is 16.5 Å². The number of pyridine rings is 1. The van der Waals surface area contributed by atoms with Gasteiger partial charge in [-0.15, -0.1) is 0 Å². The van der Waals surface area contributed by atoms with Crippen LogP contribution in [0.3, 0.4) is 0 Å². The molecule has 0 aliphatic rings. The van der Waals surface area contributed by atoms with Crippen molar-refractivity contribution in [1.29, 1.82) is 5.26 Å². The van der Waals surface area contributed by atoms with Crippen molar-refractivity contribution in [1.82, 2.24) is 4.98 Å². The number of nitrogens with zero attached hydrogens (tertiary/aromatic N) is 2. The van der Waals surface area contributed by atoms with E-state index < -0.39 is 5.82 Å². The zero-order valence-corrected chi connectivity index (χ0v) is 15.3. The van der Waals surface area contributed by atoms with Crippen LogP contribution in [0.1, 0.15) is 11.1 Å². The molecule has 130 valence electrons. The smallest absolute Gasteiger partial charge is 0.234 e. The van der Waals surface area contributed by atoms with E-state index in [1.165, 1.54) is 30.0 Å². The molecule has 0 bridgehead atoms. The van der Waals surface area contributed by atoms with Crippen LogP contribution in [0.2, 0.25) is 5.02 Å². The van der Waals surface area contributed by atoms with Gasteiger partial charge in [0.25, 0.3) is 0 Å². The number of amides is 1. The average Bonchev–Trinajstić information content (AvgIpc) is 2.62. The van der Waals surface area contributed by atoms with Crippen molar-refractivity contribution < 1.29 is 9.18 Å². The molecule has 0 saturated carbocycles. The Morgan fingerprint density at radius 2 is 2.12 bits per heavy atom. The van der Waals surface area contributed by atoms with Gasteiger partial charge in [-0.3, -0.25) is 4.79 Å². The summed E-state index contributed by atoms with van der Waals surface area (Å²) in [6.45, 7) is 1.97. The van der Waals surface area contributed by atoms with Gasteiger partial charge in [0, 0.05) is 11.1 Å². The molecule has 1 amide bonds. The molecule has 1 heterocycles. The second-order valence-corrected chi connectivity index (χ2v) is 6.99. The van der Waals surface area contributed by atoms with Crippen molar-refractivity contribution in [2.45, 2.75) is 11.9 Å². The monoisotopic (exact) mass is 385 g/mol. The van der Waals surface area contributed by atoms with Crippen LogP contribution in [0, 0.1) is 24.1 Å². The summed E-state index contributed by atoms with van der Waals surface area (Å²) in [5.74, 6) is -0.783. The van der Waals surface area contributed by atoms with Crippen LogP contribution in [-0.2, 0) is 4.79 Å². The molecule has 0 aliphatic carbocycles. The number of halogens is 2. The summed E-state index contributed by atoms with van der Waals surface area (Å²) < 4.78 is 13.2. The molecule has 1 N–H and O–H groups in total. The summed E-state index contributed by atoms with van der Waals surface area (Å²) in [5, 5.41) is 13.3. The minimum Gasteiger partial charge on any atom is -0.325 e. The quantitative estimate of drug-likeness (QED) is 0.646. The van der Waals surface area contributed by atoms with Crippen molar-refractivity contribution in [3.05, 3.63) is 64.4 Å². The van der Waals surface area contributed by atoms with E-state index in [-0.39, 0.29) is 16.7 Å². The van der Waals surface area contributed by atoms with Crippen LogP contribution in [0.25, 0.3) is 10.9 Å². The van der Waals surface area contributed by atoms with Crippen molar-refractivity contribution in [3.8, 4) is 6.07 Å². The van der Waals surface area contributed by atoms with Gasteiger partial charge in [0.15, 0.2) is 0 Å². The summed E-state index contributed by atoms with van der Waals surface area (Å²) in [4.78, 5) is 16.6. The molecular weight excluding hydrogens is 373 g/mol. The zero-order chi connectivity index (χ0) is 18.7. The maximum Gasteiger partial charge on any atom is 0.234 e. The van der Waals surface area contributed by atoms with Crippen molar-refractivity contribution in [2.24, 2.45) is 0 Å². The molecule has 7 heteroatoms. The number of carbonyl (C=O) groups is 1. The van der Waals surface area contributed by atoms with Gasteiger partial charge in [-0.25, -0.2) is 9.37 Å². The Hall–Kier alpha value is -2.62. The summed E-state index contributed by atoms with van der Waals surface area (Å²) in [5.41, 5.74) is 2.68. The fourth-order valence-electron chi connectivity index (χ4n) is 2.37. The van der Waals surface area contributed by atoms with Crippen molar-refractivity contribution in [3.63, 3.8) is 0 Å². The number of nitriles is 1. The van der Waals surface area contributed by atoms with Crippen molar-refractivity contribution in [2.75, 3.05) is 11.1 Å². The van der Waals surface area contributed by atoms with E-state index in [1.54, 1.807) is 6.07 Å². The summed E-state index contributed by atoms with van der Waals surface area (Å²) in [6.07, 6.45) is 0. The van der Waals surface area contributed by atoms with Crippen LogP contribution >= 0.6 is 23.4 Å². The Balaban J connectivity index is 1.74. The molecule has 3 aromatic rings. The minimum absolute atomic E-state index is 0.0614. The summed E-state index contributed by atoms with van der Waals surface area (Å²) in [6, 6.07) is 13.6. The Labute approximate surface area is 159 Å².